The Balaban J connectivity index is 2.21. The molecule has 0 spiro atoms. The van der Waals surface area contributed by atoms with Gasteiger partial charge in [0.2, 0.25) is 5.91 Å². The van der Waals surface area contributed by atoms with Gasteiger partial charge in [-0.3, -0.25) is 9.78 Å². The van der Waals surface area contributed by atoms with Gasteiger partial charge < -0.3 is 14.8 Å². The van der Waals surface area contributed by atoms with E-state index in [1.54, 1.807) is 20.4 Å². The van der Waals surface area contributed by atoms with Crippen LogP contribution in [0.5, 0.6) is 11.5 Å². The first kappa shape index (κ1) is 18.3. The summed E-state index contributed by atoms with van der Waals surface area (Å²) in [6.07, 6.45) is 1.86. The molecule has 24 heavy (non-hydrogen) atoms. The van der Waals surface area contributed by atoms with Crippen molar-refractivity contribution in [1.82, 2.24) is 10.3 Å². The van der Waals surface area contributed by atoms with Gasteiger partial charge in [-0.05, 0) is 38.1 Å². The Morgan fingerprint density at radius 3 is 2.33 bits per heavy atom. The van der Waals surface area contributed by atoms with Gasteiger partial charge in [-0.1, -0.05) is 22.0 Å². The Kier molecular flexibility index (Phi) is 5.83. The molecule has 1 heterocycles. The topological polar surface area (TPSA) is 60.5 Å². The van der Waals surface area contributed by atoms with Crippen LogP contribution in [0.15, 0.2) is 41.0 Å². The number of aromatic nitrogens is 1. The largest absolute Gasteiger partial charge is 0.496 e. The second-order valence-corrected chi connectivity index (χ2v) is 6.77. The summed E-state index contributed by atoms with van der Waals surface area (Å²) in [6, 6.07) is 9.26. The van der Waals surface area contributed by atoms with Gasteiger partial charge in [0.25, 0.3) is 0 Å². The first-order valence-corrected chi connectivity index (χ1v) is 8.29. The van der Waals surface area contributed by atoms with E-state index >= 15 is 0 Å². The number of rotatable bonds is 6. The first-order chi connectivity index (χ1) is 11.4. The molecule has 0 atom stereocenters. The lowest BCUT2D eigenvalue weighted by molar-refractivity contribution is -0.122. The van der Waals surface area contributed by atoms with Crippen LogP contribution in [0.2, 0.25) is 0 Å². The third-order valence-electron chi connectivity index (χ3n) is 3.67. The van der Waals surface area contributed by atoms with Gasteiger partial charge >= 0.3 is 0 Å². The summed E-state index contributed by atoms with van der Waals surface area (Å²) in [4.78, 5) is 16.9. The molecule has 0 unspecified atom stereocenters. The zero-order valence-electron chi connectivity index (χ0n) is 14.2. The minimum atomic E-state index is -0.575. The van der Waals surface area contributed by atoms with Crippen LogP contribution in [-0.4, -0.2) is 25.1 Å². The van der Waals surface area contributed by atoms with Gasteiger partial charge in [0.15, 0.2) is 0 Å². The quantitative estimate of drug-likeness (QED) is 0.817. The van der Waals surface area contributed by atoms with Crippen molar-refractivity contribution in [2.75, 3.05) is 14.2 Å². The van der Waals surface area contributed by atoms with Crippen LogP contribution in [0.1, 0.15) is 25.1 Å². The molecule has 1 aromatic heterocycles. The fourth-order valence-electron chi connectivity index (χ4n) is 2.48. The Labute approximate surface area is 150 Å². The average Bonchev–Trinajstić information content (AvgIpc) is 2.56. The fourth-order valence-corrected chi connectivity index (χ4v) is 2.89. The molecular weight excluding hydrogens is 372 g/mol. The summed E-state index contributed by atoms with van der Waals surface area (Å²) in [5.41, 5.74) is 0.930. The monoisotopic (exact) mass is 392 g/mol. The number of amides is 1. The Morgan fingerprint density at radius 2 is 1.83 bits per heavy atom. The van der Waals surface area contributed by atoms with Gasteiger partial charge in [0.1, 0.15) is 11.5 Å². The number of benzene rings is 1. The summed E-state index contributed by atoms with van der Waals surface area (Å²) in [6.45, 7) is 3.84. The standard InChI is InChI=1S/C18H21BrN2O3/c1-18(2,16-7-5-6-8-20-16)21-17(22)11-13-14(23-3)9-12(19)10-15(13)24-4/h5-10H,11H2,1-4H3,(H,21,22). The Hall–Kier alpha value is -2.08. The van der Waals surface area contributed by atoms with Gasteiger partial charge in [0.05, 0.1) is 31.9 Å². The van der Waals surface area contributed by atoms with E-state index in [2.05, 4.69) is 26.2 Å². The van der Waals surface area contributed by atoms with Crippen LogP contribution >= 0.6 is 15.9 Å². The van der Waals surface area contributed by atoms with E-state index in [0.29, 0.717) is 17.1 Å². The molecule has 2 rings (SSSR count). The van der Waals surface area contributed by atoms with Gasteiger partial charge in [-0.2, -0.15) is 0 Å². The van der Waals surface area contributed by atoms with E-state index < -0.39 is 5.54 Å². The summed E-state index contributed by atoms with van der Waals surface area (Å²) in [5.74, 6) is 1.07. The number of methoxy groups -OCH3 is 2. The van der Waals surface area contributed by atoms with Crippen molar-refractivity contribution >= 4 is 21.8 Å². The number of nitrogens with zero attached hydrogens (tertiary/aromatic N) is 1. The molecule has 0 radical (unpaired) electrons. The third-order valence-corrected chi connectivity index (χ3v) is 4.12. The molecule has 2 aromatic rings. The number of nitrogens with one attached hydrogen (secondary N) is 1. The van der Waals surface area contributed by atoms with Crippen LogP contribution in [0, 0.1) is 0 Å². The highest BCUT2D eigenvalue weighted by Crippen LogP contribution is 2.33. The van der Waals surface area contributed by atoms with Crippen molar-refractivity contribution in [3.05, 3.63) is 52.3 Å². The minimum absolute atomic E-state index is 0.135. The lowest BCUT2D eigenvalue weighted by Crippen LogP contribution is -2.42. The van der Waals surface area contributed by atoms with Crippen molar-refractivity contribution in [2.45, 2.75) is 25.8 Å². The number of halogens is 1. The molecule has 1 N–H and O–H groups in total. The smallest absolute Gasteiger partial charge is 0.225 e. The lowest BCUT2D eigenvalue weighted by Gasteiger charge is -2.26. The van der Waals surface area contributed by atoms with Gasteiger partial charge in [0, 0.05) is 16.2 Å². The van der Waals surface area contributed by atoms with E-state index in [1.807, 2.05) is 44.2 Å². The van der Waals surface area contributed by atoms with E-state index in [9.17, 15) is 4.79 Å². The first-order valence-electron chi connectivity index (χ1n) is 7.50. The van der Waals surface area contributed by atoms with Crippen molar-refractivity contribution in [2.24, 2.45) is 0 Å². The Bertz CT molecular complexity index is 692. The molecule has 1 aromatic carbocycles. The van der Waals surface area contributed by atoms with Crippen LogP contribution < -0.4 is 14.8 Å². The van der Waals surface area contributed by atoms with Gasteiger partial charge in [-0.15, -0.1) is 0 Å². The van der Waals surface area contributed by atoms with E-state index in [-0.39, 0.29) is 12.3 Å². The van der Waals surface area contributed by atoms with Crippen molar-refractivity contribution < 1.29 is 14.3 Å². The molecule has 5 nitrogen and oxygen atoms in total. The third kappa shape index (κ3) is 4.26. The molecule has 0 aliphatic rings. The molecule has 0 saturated heterocycles. The summed E-state index contributed by atoms with van der Waals surface area (Å²) in [7, 11) is 3.14. The van der Waals surface area contributed by atoms with Crippen molar-refractivity contribution in [1.29, 1.82) is 0 Å². The van der Waals surface area contributed by atoms with Crippen molar-refractivity contribution in [3.63, 3.8) is 0 Å². The van der Waals surface area contributed by atoms with E-state index in [4.69, 9.17) is 9.47 Å². The summed E-state index contributed by atoms with van der Waals surface area (Å²) >= 11 is 3.41. The van der Waals surface area contributed by atoms with E-state index in [1.165, 1.54) is 0 Å². The summed E-state index contributed by atoms with van der Waals surface area (Å²) < 4.78 is 11.6. The van der Waals surface area contributed by atoms with Crippen LogP contribution in [-0.2, 0) is 16.8 Å². The normalized spacial score (nSPS) is 11.0. The molecule has 0 saturated carbocycles. The highest BCUT2D eigenvalue weighted by Gasteiger charge is 2.25. The molecule has 0 aliphatic carbocycles. The predicted octanol–water partition coefficient (Wildman–Crippen LogP) is 3.46. The molecule has 1 amide bonds. The minimum Gasteiger partial charge on any atom is -0.496 e. The van der Waals surface area contributed by atoms with E-state index in [0.717, 1.165) is 10.2 Å². The molecular formula is C18H21BrN2O3. The van der Waals surface area contributed by atoms with Gasteiger partial charge in [-0.25, -0.2) is 0 Å². The lowest BCUT2D eigenvalue weighted by atomic mass is 9.99. The second kappa shape index (κ2) is 7.66. The van der Waals surface area contributed by atoms with Crippen LogP contribution in [0.25, 0.3) is 0 Å². The molecule has 0 fully saturated rings. The molecule has 128 valence electrons. The fraction of sp³-hybridized carbons (Fsp3) is 0.333. The maximum atomic E-state index is 12.6. The number of carbonyl (C=O) groups is 1. The van der Waals surface area contributed by atoms with Crippen LogP contribution in [0.3, 0.4) is 0 Å². The molecule has 6 heteroatoms. The average molecular weight is 393 g/mol. The number of hydrogen-bond acceptors (Lipinski definition) is 4. The number of ether oxygens (including phenoxy) is 2. The maximum absolute atomic E-state index is 12.6. The predicted molar refractivity (Wildman–Crippen MR) is 96.4 cm³/mol. The zero-order chi connectivity index (χ0) is 17.7. The SMILES string of the molecule is COc1cc(Br)cc(OC)c1CC(=O)NC(C)(C)c1ccccn1. The highest BCUT2D eigenvalue weighted by atomic mass is 79.9. The number of carbonyl (C=O) groups excluding carboxylic acids is 1. The molecule has 0 bridgehead atoms. The van der Waals surface area contributed by atoms with Crippen molar-refractivity contribution in [3.8, 4) is 11.5 Å². The highest BCUT2D eigenvalue weighted by molar-refractivity contribution is 9.10. The van der Waals surface area contributed by atoms with Crippen LogP contribution in [0.4, 0.5) is 0 Å². The molecule has 0 aliphatic heterocycles. The Morgan fingerprint density at radius 1 is 1.21 bits per heavy atom. The zero-order valence-corrected chi connectivity index (χ0v) is 15.8. The number of hydrogen-bond donors (Lipinski definition) is 1. The maximum Gasteiger partial charge on any atom is 0.225 e. The second-order valence-electron chi connectivity index (χ2n) is 5.85. The number of pyridine rings is 1. The summed E-state index contributed by atoms with van der Waals surface area (Å²) in [5, 5.41) is 3.01.